The van der Waals surface area contributed by atoms with Gasteiger partial charge >= 0.3 is 0 Å². The van der Waals surface area contributed by atoms with E-state index in [1.54, 1.807) is 6.92 Å². The lowest BCUT2D eigenvalue weighted by atomic mass is 10.1. The minimum absolute atomic E-state index is 0.232. The molecule has 21 heavy (non-hydrogen) atoms. The first-order valence-corrected chi connectivity index (χ1v) is 7.03. The van der Waals surface area contributed by atoms with Crippen molar-refractivity contribution in [2.45, 2.75) is 26.2 Å². The monoisotopic (exact) mass is 284 g/mol. The fourth-order valence-corrected chi connectivity index (χ4v) is 2.68. The van der Waals surface area contributed by atoms with Crippen LogP contribution in [0.2, 0.25) is 0 Å². The number of halogens is 1. The van der Waals surface area contributed by atoms with Gasteiger partial charge in [0.05, 0.1) is 0 Å². The molecule has 1 amide bonds. The normalized spacial score (nSPS) is 13.0. The smallest absolute Gasteiger partial charge is 0.255 e. The number of carbonyl (C=O) groups excluding carboxylic acids is 1. The van der Waals surface area contributed by atoms with Crippen molar-refractivity contribution < 1.29 is 9.18 Å². The van der Waals surface area contributed by atoms with Crippen LogP contribution in [0.15, 0.2) is 30.3 Å². The number of amides is 1. The van der Waals surface area contributed by atoms with Crippen molar-refractivity contribution in [1.29, 1.82) is 0 Å². The van der Waals surface area contributed by atoms with E-state index in [0.717, 1.165) is 24.9 Å². The van der Waals surface area contributed by atoms with E-state index in [-0.39, 0.29) is 17.2 Å². The van der Waals surface area contributed by atoms with Crippen LogP contribution >= 0.6 is 0 Å². The van der Waals surface area contributed by atoms with Crippen LogP contribution in [0, 0.1) is 12.7 Å². The van der Waals surface area contributed by atoms with Gasteiger partial charge in [0.15, 0.2) is 0 Å². The van der Waals surface area contributed by atoms with E-state index in [4.69, 9.17) is 5.73 Å². The van der Waals surface area contributed by atoms with Gasteiger partial charge < -0.3 is 11.1 Å². The summed E-state index contributed by atoms with van der Waals surface area (Å²) in [4.78, 5) is 12.2. The van der Waals surface area contributed by atoms with Crippen LogP contribution in [-0.4, -0.2) is 5.91 Å². The maximum Gasteiger partial charge on any atom is 0.255 e. The van der Waals surface area contributed by atoms with Crippen molar-refractivity contribution in [2.24, 2.45) is 0 Å². The molecule has 0 heterocycles. The zero-order chi connectivity index (χ0) is 15.0. The van der Waals surface area contributed by atoms with Crippen LogP contribution in [-0.2, 0) is 12.8 Å². The molecule has 0 saturated heterocycles. The van der Waals surface area contributed by atoms with Crippen molar-refractivity contribution in [3.8, 4) is 0 Å². The molecule has 3 rings (SSSR count). The van der Waals surface area contributed by atoms with Crippen molar-refractivity contribution in [1.82, 2.24) is 0 Å². The van der Waals surface area contributed by atoms with E-state index in [9.17, 15) is 9.18 Å². The highest BCUT2D eigenvalue weighted by Crippen LogP contribution is 2.25. The van der Waals surface area contributed by atoms with Gasteiger partial charge in [0.25, 0.3) is 5.91 Å². The Morgan fingerprint density at radius 1 is 1.19 bits per heavy atom. The van der Waals surface area contributed by atoms with E-state index in [1.165, 1.54) is 23.3 Å². The zero-order valence-corrected chi connectivity index (χ0v) is 11.9. The maximum absolute atomic E-state index is 13.7. The molecule has 1 aliphatic carbocycles. The van der Waals surface area contributed by atoms with E-state index in [1.807, 2.05) is 18.2 Å². The molecule has 0 fully saturated rings. The molecule has 108 valence electrons. The van der Waals surface area contributed by atoms with E-state index in [2.05, 4.69) is 5.32 Å². The van der Waals surface area contributed by atoms with Crippen molar-refractivity contribution in [3.05, 3.63) is 58.4 Å². The van der Waals surface area contributed by atoms with Gasteiger partial charge in [-0.2, -0.15) is 0 Å². The number of fused-ring (bicyclic) bond motifs is 1. The van der Waals surface area contributed by atoms with Crippen LogP contribution in [0.25, 0.3) is 0 Å². The number of hydrogen-bond acceptors (Lipinski definition) is 2. The molecule has 2 aromatic carbocycles. The van der Waals surface area contributed by atoms with Crippen molar-refractivity contribution >= 4 is 17.3 Å². The number of nitrogens with one attached hydrogen (secondary N) is 1. The fourth-order valence-electron chi connectivity index (χ4n) is 2.68. The second kappa shape index (κ2) is 5.20. The van der Waals surface area contributed by atoms with Crippen molar-refractivity contribution in [3.63, 3.8) is 0 Å². The fraction of sp³-hybridized carbons (Fsp3) is 0.235. The third-order valence-corrected chi connectivity index (χ3v) is 4.00. The summed E-state index contributed by atoms with van der Waals surface area (Å²) < 4.78 is 13.7. The number of benzene rings is 2. The highest BCUT2D eigenvalue weighted by atomic mass is 19.1. The first kappa shape index (κ1) is 13.6. The molecule has 0 saturated carbocycles. The summed E-state index contributed by atoms with van der Waals surface area (Å²) >= 11 is 0. The quantitative estimate of drug-likeness (QED) is 0.830. The van der Waals surface area contributed by atoms with E-state index >= 15 is 0 Å². The Bertz CT molecular complexity index is 702. The second-order valence-corrected chi connectivity index (χ2v) is 5.46. The summed E-state index contributed by atoms with van der Waals surface area (Å²) in [5.74, 6) is -0.812. The zero-order valence-electron chi connectivity index (χ0n) is 11.9. The topological polar surface area (TPSA) is 55.1 Å². The third kappa shape index (κ3) is 2.61. The number of nitrogen functional groups attached to an aromatic ring is 1. The standard InChI is InChI=1S/C17H17FN2O/c1-10-15(18)8-13(9-16(10)19)17(21)20-14-6-5-11-3-2-4-12(11)7-14/h5-9H,2-4,19H2,1H3,(H,20,21). The van der Waals surface area contributed by atoms with Gasteiger partial charge in [-0.25, -0.2) is 4.39 Å². The van der Waals surface area contributed by atoms with Gasteiger partial charge in [-0.1, -0.05) is 6.07 Å². The van der Waals surface area contributed by atoms with E-state index < -0.39 is 5.82 Å². The van der Waals surface area contributed by atoms with Gasteiger partial charge in [0, 0.05) is 22.5 Å². The average molecular weight is 284 g/mol. The molecule has 0 spiro atoms. The molecule has 3 nitrogen and oxygen atoms in total. The summed E-state index contributed by atoms with van der Waals surface area (Å²) in [7, 11) is 0. The number of hydrogen-bond donors (Lipinski definition) is 2. The highest BCUT2D eigenvalue weighted by molar-refractivity contribution is 6.05. The molecule has 0 unspecified atom stereocenters. The molecular formula is C17H17FN2O. The van der Waals surface area contributed by atoms with Crippen LogP contribution in [0.4, 0.5) is 15.8 Å². The number of rotatable bonds is 2. The number of carbonyl (C=O) groups is 1. The summed E-state index contributed by atoms with van der Waals surface area (Å²) in [5, 5.41) is 2.80. The molecule has 0 atom stereocenters. The lowest BCUT2D eigenvalue weighted by Crippen LogP contribution is -2.13. The van der Waals surface area contributed by atoms with Gasteiger partial charge in [-0.15, -0.1) is 0 Å². The van der Waals surface area contributed by atoms with Gasteiger partial charge in [-0.05, 0) is 61.6 Å². The molecule has 2 aromatic rings. The Morgan fingerprint density at radius 3 is 2.71 bits per heavy atom. The Kier molecular flexibility index (Phi) is 3.37. The van der Waals surface area contributed by atoms with E-state index in [0.29, 0.717) is 5.56 Å². The molecular weight excluding hydrogens is 267 g/mol. The molecule has 0 aliphatic heterocycles. The Hall–Kier alpha value is -2.36. The van der Waals surface area contributed by atoms with Gasteiger partial charge in [-0.3, -0.25) is 4.79 Å². The summed E-state index contributed by atoms with van der Waals surface area (Å²) in [6.45, 7) is 1.59. The Labute approximate surface area is 123 Å². The minimum Gasteiger partial charge on any atom is -0.398 e. The average Bonchev–Trinajstić information content (AvgIpc) is 2.91. The summed E-state index contributed by atoms with van der Waals surface area (Å²) in [5.41, 5.74) is 9.95. The molecule has 4 heteroatoms. The molecule has 3 N–H and O–H groups in total. The first-order valence-electron chi connectivity index (χ1n) is 7.03. The SMILES string of the molecule is Cc1c(N)cc(C(=O)Nc2ccc3c(c2)CCC3)cc1F. The Balaban J connectivity index is 1.83. The Morgan fingerprint density at radius 2 is 1.95 bits per heavy atom. The van der Waals surface area contributed by atoms with Gasteiger partial charge in [0.2, 0.25) is 0 Å². The summed E-state index contributed by atoms with van der Waals surface area (Å²) in [6, 6.07) is 8.64. The van der Waals surface area contributed by atoms with Crippen LogP contribution in [0.5, 0.6) is 0 Å². The summed E-state index contributed by atoms with van der Waals surface area (Å²) in [6.07, 6.45) is 3.31. The van der Waals surface area contributed by atoms with Crippen LogP contribution in [0.3, 0.4) is 0 Å². The highest BCUT2D eigenvalue weighted by Gasteiger charge is 2.14. The number of aryl methyl sites for hydroxylation is 2. The molecule has 0 bridgehead atoms. The third-order valence-electron chi connectivity index (χ3n) is 4.00. The van der Waals surface area contributed by atoms with Crippen LogP contribution in [0.1, 0.15) is 33.5 Å². The maximum atomic E-state index is 13.7. The van der Waals surface area contributed by atoms with Crippen LogP contribution < -0.4 is 11.1 Å². The lowest BCUT2D eigenvalue weighted by Gasteiger charge is -2.09. The molecule has 0 aromatic heterocycles. The minimum atomic E-state index is -0.464. The second-order valence-electron chi connectivity index (χ2n) is 5.46. The number of anilines is 2. The van der Waals surface area contributed by atoms with Crippen molar-refractivity contribution in [2.75, 3.05) is 11.1 Å². The first-order chi connectivity index (χ1) is 10.0. The lowest BCUT2D eigenvalue weighted by molar-refractivity contribution is 0.102. The predicted molar refractivity (Wildman–Crippen MR) is 82.0 cm³/mol. The molecule has 0 radical (unpaired) electrons. The molecule has 1 aliphatic rings. The van der Waals surface area contributed by atoms with Gasteiger partial charge in [0.1, 0.15) is 5.82 Å². The predicted octanol–water partition coefficient (Wildman–Crippen LogP) is 3.46. The number of nitrogens with two attached hydrogens (primary N) is 1. The largest absolute Gasteiger partial charge is 0.398 e.